The highest BCUT2D eigenvalue weighted by atomic mass is 32.2. The molecular formula is C11H15FN2O2S. The van der Waals surface area contributed by atoms with Crippen LogP contribution < -0.4 is 5.73 Å². The van der Waals surface area contributed by atoms with E-state index in [1.807, 2.05) is 0 Å². The number of halogens is 1. The van der Waals surface area contributed by atoms with Crippen LogP contribution in [-0.4, -0.2) is 31.6 Å². The molecule has 1 aliphatic rings. The highest BCUT2D eigenvalue weighted by Gasteiger charge is 2.35. The predicted octanol–water partition coefficient (Wildman–Crippen LogP) is 1.10. The number of hydrogen-bond acceptors (Lipinski definition) is 3. The summed E-state index contributed by atoms with van der Waals surface area (Å²) in [6, 6.07) is 8.16. The highest BCUT2D eigenvalue weighted by Crippen LogP contribution is 2.25. The molecule has 1 saturated heterocycles. The highest BCUT2D eigenvalue weighted by molar-refractivity contribution is 7.89. The standard InChI is InChI=1S/C11H15FN2O2S/c12-11(13)6-8-14(9-7-11)17(15,16)10-4-2-1-3-5-10/h1-5H,6-9,13H2. The minimum Gasteiger partial charge on any atom is -0.299 e. The zero-order valence-corrected chi connectivity index (χ0v) is 10.2. The summed E-state index contributed by atoms with van der Waals surface area (Å²) in [5, 5.41) is 0. The number of rotatable bonds is 2. The van der Waals surface area contributed by atoms with Gasteiger partial charge in [0.15, 0.2) is 5.79 Å². The molecule has 1 aliphatic heterocycles. The van der Waals surface area contributed by atoms with Crippen LogP contribution >= 0.6 is 0 Å². The van der Waals surface area contributed by atoms with E-state index in [-0.39, 0.29) is 30.8 Å². The van der Waals surface area contributed by atoms with Gasteiger partial charge in [-0.2, -0.15) is 4.31 Å². The molecule has 94 valence electrons. The lowest BCUT2D eigenvalue weighted by molar-refractivity contribution is 0.0957. The topological polar surface area (TPSA) is 63.4 Å². The molecule has 1 aromatic rings. The molecular weight excluding hydrogens is 243 g/mol. The molecule has 0 aromatic heterocycles. The van der Waals surface area contributed by atoms with Gasteiger partial charge in [-0.15, -0.1) is 0 Å². The van der Waals surface area contributed by atoms with Crippen molar-refractivity contribution in [3.63, 3.8) is 0 Å². The summed E-state index contributed by atoms with van der Waals surface area (Å²) in [4.78, 5) is 0.239. The maximum atomic E-state index is 13.4. The zero-order valence-electron chi connectivity index (χ0n) is 9.34. The number of hydrogen-bond donors (Lipinski definition) is 1. The summed E-state index contributed by atoms with van der Waals surface area (Å²) >= 11 is 0. The third-order valence-electron chi connectivity index (χ3n) is 2.93. The molecule has 0 bridgehead atoms. The van der Waals surface area contributed by atoms with Crippen molar-refractivity contribution in [2.24, 2.45) is 5.73 Å². The molecule has 0 atom stereocenters. The van der Waals surface area contributed by atoms with Crippen molar-refractivity contribution in [2.75, 3.05) is 13.1 Å². The van der Waals surface area contributed by atoms with Gasteiger partial charge in [0.1, 0.15) is 0 Å². The van der Waals surface area contributed by atoms with Crippen LogP contribution in [0.2, 0.25) is 0 Å². The van der Waals surface area contributed by atoms with E-state index < -0.39 is 15.8 Å². The van der Waals surface area contributed by atoms with Gasteiger partial charge < -0.3 is 0 Å². The molecule has 1 heterocycles. The van der Waals surface area contributed by atoms with Gasteiger partial charge in [0.2, 0.25) is 10.0 Å². The lowest BCUT2D eigenvalue weighted by atomic mass is 10.1. The van der Waals surface area contributed by atoms with Gasteiger partial charge in [0.25, 0.3) is 0 Å². The fraction of sp³-hybridized carbons (Fsp3) is 0.455. The Balaban J connectivity index is 2.19. The van der Waals surface area contributed by atoms with Crippen LogP contribution in [0.25, 0.3) is 0 Å². The quantitative estimate of drug-likeness (QED) is 0.808. The SMILES string of the molecule is NC1(F)CCN(S(=O)(=O)c2ccccc2)CC1. The van der Waals surface area contributed by atoms with E-state index in [0.717, 1.165) is 0 Å². The Morgan fingerprint density at radius 1 is 1.18 bits per heavy atom. The molecule has 0 saturated carbocycles. The molecule has 0 spiro atoms. The Bertz CT molecular complexity index is 477. The first-order chi connectivity index (χ1) is 7.92. The number of alkyl halides is 1. The van der Waals surface area contributed by atoms with Gasteiger partial charge >= 0.3 is 0 Å². The second-order valence-corrected chi connectivity index (χ2v) is 6.19. The number of nitrogens with two attached hydrogens (primary N) is 1. The van der Waals surface area contributed by atoms with Gasteiger partial charge in [0.05, 0.1) is 4.90 Å². The lowest BCUT2D eigenvalue weighted by Gasteiger charge is -2.33. The van der Waals surface area contributed by atoms with Crippen LogP contribution in [0, 0.1) is 0 Å². The molecule has 0 radical (unpaired) electrons. The van der Waals surface area contributed by atoms with Crippen LogP contribution in [0.4, 0.5) is 4.39 Å². The molecule has 6 heteroatoms. The van der Waals surface area contributed by atoms with Crippen molar-refractivity contribution >= 4 is 10.0 Å². The minimum atomic E-state index is -3.50. The Morgan fingerprint density at radius 3 is 2.24 bits per heavy atom. The van der Waals surface area contributed by atoms with Crippen molar-refractivity contribution < 1.29 is 12.8 Å². The van der Waals surface area contributed by atoms with E-state index in [2.05, 4.69) is 0 Å². The molecule has 0 aliphatic carbocycles. The monoisotopic (exact) mass is 258 g/mol. The minimum absolute atomic E-state index is 0.0407. The number of nitrogens with zero attached hydrogens (tertiary/aromatic N) is 1. The van der Waals surface area contributed by atoms with Gasteiger partial charge in [-0.05, 0) is 12.1 Å². The summed E-state index contributed by atoms with van der Waals surface area (Å²) in [6.45, 7) is 0.258. The summed E-state index contributed by atoms with van der Waals surface area (Å²) in [5.74, 6) is -1.73. The molecule has 2 rings (SSSR count). The van der Waals surface area contributed by atoms with Crippen molar-refractivity contribution in [3.05, 3.63) is 30.3 Å². The first-order valence-electron chi connectivity index (χ1n) is 5.45. The molecule has 4 nitrogen and oxygen atoms in total. The maximum Gasteiger partial charge on any atom is 0.243 e. The second kappa shape index (κ2) is 4.36. The van der Waals surface area contributed by atoms with Gasteiger partial charge in [-0.3, -0.25) is 5.73 Å². The van der Waals surface area contributed by atoms with E-state index in [4.69, 9.17) is 5.73 Å². The van der Waals surface area contributed by atoms with Crippen LogP contribution in [0.15, 0.2) is 35.2 Å². The average molecular weight is 258 g/mol. The number of sulfonamides is 1. The van der Waals surface area contributed by atoms with Crippen LogP contribution in [0.3, 0.4) is 0 Å². The van der Waals surface area contributed by atoms with E-state index in [9.17, 15) is 12.8 Å². The summed E-state index contributed by atoms with van der Waals surface area (Å²) in [5.41, 5.74) is 5.33. The number of benzene rings is 1. The molecule has 0 amide bonds. The average Bonchev–Trinajstić information content (AvgIpc) is 2.29. The van der Waals surface area contributed by atoms with E-state index in [1.54, 1.807) is 18.2 Å². The normalized spacial score (nSPS) is 21.3. The molecule has 17 heavy (non-hydrogen) atoms. The first kappa shape index (κ1) is 12.5. The smallest absolute Gasteiger partial charge is 0.243 e. The fourth-order valence-corrected chi connectivity index (χ4v) is 3.30. The van der Waals surface area contributed by atoms with Crippen molar-refractivity contribution in [3.8, 4) is 0 Å². The Hall–Kier alpha value is -0.980. The summed E-state index contributed by atoms with van der Waals surface area (Å²) in [6.07, 6.45) is 0.0815. The maximum absolute atomic E-state index is 13.4. The predicted molar refractivity (Wildman–Crippen MR) is 62.5 cm³/mol. The molecule has 1 fully saturated rings. The van der Waals surface area contributed by atoms with Gasteiger partial charge in [-0.25, -0.2) is 12.8 Å². The fourth-order valence-electron chi connectivity index (χ4n) is 1.84. The Labute approximate surface area is 100 Å². The van der Waals surface area contributed by atoms with Crippen LogP contribution in [-0.2, 0) is 10.0 Å². The summed E-state index contributed by atoms with van der Waals surface area (Å²) in [7, 11) is -3.50. The van der Waals surface area contributed by atoms with Crippen molar-refractivity contribution in [2.45, 2.75) is 23.5 Å². The van der Waals surface area contributed by atoms with Crippen molar-refractivity contribution in [1.29, 1.82) is 0 Å². The third-order valence-corrected chi connectivity index (χ3v) is 4.85. The van der Waals surface area contributed by atoms with Crippen LogP contribution in [0.1, 0.15) is 12.8 Å². The van der Waals surface area contributed by atoms with Crippen LogP contribution in [0.5, 0.6) is 0 Å². The van der Waals surface area contributed by atoms with Gasteiger partial charge in [0, 0.05) is 25.9 Å². The molecule has 2 N–H and O–H groups in total. The second-order valence-electron chi connectivity index (χ2n) is 4.25. The zero-order chi connectivity index (χ0) is 12.5. The Morgan fingerprint density at radius 2 is 1.71 bits per heavy atom. The van der Waals surface area contributed by atoms with Crippen molar-refractivity contribution in [1.82, 2.24) is 4.31 Å². The third kappa shape index (κ3) is 2.65. The molecule has 0 unspecified atom stereocenters. The lowest BCUT2D eigenvalue weighted by Crippen LogP contribution is -2.48. The molecule has 1 aromatic carbocycles. The number of piperidine rings is 1. The van der Waals surface area contributed by atoms with E-state index in [1.165, 1.54) is 16.4 Å². The Kier molecular flexibility index (Phi) is 3.20. The van der Waals surface area contributed by atoms with E-state index in [0.29, 0.717) is 0 Å². The first-order valence-corrected chi connectivity index (χ1v) is 6.89. The summed E-state index contributed by atoms with van der Waals surface area (Å²) < 4.78 is 39.0. The van der Waals surface area contributed by atoms with Gasteiger partial charge in [-0.1, -0.05) is 18.2 Å². The largest absolute Gasteiger partial charge is 0.299 e. The van der Waals surface area contributed by atoms with E-state index >= 15 is 0 Å².